The maximum Gasteiger partial charge on any atom is 0.409 e. The van der Waals surface area contributed by atoms with E-state index < -0.39 is 5.60 Å². The number of nitrogens with zero attached hydrogens (tertiary/aromatic N) is 3. The van der Waals surface area contributed by atoms with Crippen molar-refractivity contribution in [2.45, 2.75) is 18.9 Å². The molecule has 0 aromatic heterocycles. The molecule has 0 radical (unpaired) electrons. The summed E-state index contributed by atoms with van der Waals surface area (Å²) in [5, 5.41) is 0.375. The van der Waals surface area contributed by atoms with Crippen LogP contribution in [-0.4, -0.2) is 73.6 Å². The van der Waals surface area contributed by atoms with Gasteiger partial charge in [-0.2, -0.15) is 0 Å². The van der Waals surface area contributed by atoms with Gasteiger partial charge in [-0.05, 0) is 31.2 Å². The fourth-order valence-corrected chi connectivity index (χ4v) is 5.27. The first-order valence-corrected chi connectivity index (χ1v) is 11.9. The van der Waals surface area contributed by atoms with Gasteiger partial charge in [-0.15, -0.1) is 0 Å². The molecule has 1 atom stereocenters. The predicted molar refractivity (Wildman–Crippen MR) is 126 cm³/mol. The molecule has 3 aliphatic heterocycles. The van der Waals surface area contributed by atoms with E-state index in [1.54, 1.807) is 34.9 Å². The minimum Gasteiger partial charge on any atom is -0.450 e. The van der Waals surface area contributed by atoms with Gasteiger partial charge >= 0.3 is 12.1 Å². The van der Waals surface area contributed by atoms with Crippen LogP contribution < -0.4 is 4.90 Å². The Morgan fingerprint density at radius 3 is 2.56 bits per heavy atom. The molecule has 0 aliphatic carbocycles. The van der Waals surface area contributed by atoms with Crippen molar-refractivity contribution in [1.82, 2.24) is 9.80 Å². The zero-order valence-electron chi connectivity index (χ0n) is 19.0. The van der Waals surface area contributed by atoms with E-state index in [0.717, 1.165) is 11.3 Å². The first kappa shape index (κ1) is 22.5. The molecule has 0 N–H and O–H groups in total. The average Bonchev–Trinajstić information content (AvgIpc) is 3.40. The monoisotopic (exact) mass is 483 g/mol. The van der Waals surface area contributed by atoms with Gasteiger partial charge in [0.05, 0.1) is 29.3 Å². The van der Waals surface area contributed by atoms with E-state index in [9.17, 15) is 14.4 Å². The van der Waals surface area contributed by atoms with Crippen LogP contribution in [0.3, 0.4) is 0 Å². The van der Waals surface area contributed by atoms with Crippen molar-refractivity contribution in [2.75, 3.05) is 50.8 Å². The smallest absolute Gasteiger partial charge is 0.409 e. The predicted octanol–water partition coefficient (Wildman–Crippen LogP) is 3.53. The van der Waals surface area contributed by atoms with Gasteiger partial charge in [0.25, 0.3) is 5.91 Å². The summed E-state index contributed by atoms with van der Waals surface area (Å²) < 4.78 is 10.8. The number of hydrogen-bond acceptors (Lipinski definition) is 6. The molecular weight excluding hydrogens is 458 g/mol. The number of hydrogen-bond donors (Lipinski definition) is 0. The van der Waals surface area contributed by atoms with Crippen LogP contribution in [0.4, 0.5) is 10.5 Å². The van der Waals surface area contributed by atoms with Gasteiger partial charge in [-0.1, -0.05) is 29.8 Å². The van der Waals surface area contributed by atoms with Crippen LogP contribution in [0.25, 0.3) is 0 Å². The number of carbonyl (C=O) groups is 3. The fraction of sp³-hybridized carbons (Fsp3) is 0.400. The second-order valence-corrected chi connectivity index (χ2v) is 9.15. The van der Waals surface area contributed by atoms with E-state index in [1.165, 1.54) is 0 Å². The number of likely N-dealkylation sites (tertiary alicyclic amines) is 1. The minimum atomic E-state index is -0.783. The first-order chi connectivity index (χ1) is 16.4. The number of piperazine rings is 1. The molecule has 0 saturated carbocycles. The van der Waals surface area contributed by atoms with Gasteiger partial charge in [-0.25, -0.2) is 9.59 Å². The van der Waals surface area contributed by atoms with E-state index in [0.29, 0.717) is 68.4 Å². The standard InChI is InChI=1S/C25H26ClN3O5/c1-2-33-24(32)28-13-11-27(12-14-28)17-7-8-19(21(26)15-17)22(30)29-10-9-25(16-29)20-6-4-3-5-18(20)23(31)34-25/h3-8,15H,2,9-14,16H2,1H3/t25-/m0/s1. The van der Waals surface area contributed by atoms with Crippen LogP contribution in [0, 0.1) is 0 Å². The highest BCUT2D eigenvalue weighted by Gasteiger charge is 2.51. The minimum absolute atomic E-state index is 0.180. The Bertz CT molecular complexity index is 1150. The second kappa shape index (κ2) is 8.83. The second-order valence-electron chi connectivity index (χ2n) is 8.74. The molecule has 0 bridgehead atoms. The lowest BCUT2D eigenvalue weighted by atomic mass is 9.91. The first-order valence-electron chi connectivity index (χ1n) is 11.5. The van der Waals surface area contributed by atoms with Crippen molar-refractivity contribution in [2.24, 2.45) is 0 Å². The molecule has 1 spiro atoms. The number of esters is 1. The SMILES string of the molecule is CCOC(=O)N1CCN(c2ccc(C(=O)N3CC[C@@]4(C3)OC(=O)c3ccccc34)c(Cl)c2)CC1. The highest BCUT2D eigenvalue weighted by molar-refractivity contribution is 6.34. The summed E-state index contributed by atoms with van der Waals surface area (Å²) in [5.74, 6) is -0.517. The molecule has 3 heterocycles. The van der Waals surface area contributed by atoms with Crippen molar-refractivity contribution >= 4 is 35.3 Å². The summed E-state index contributed by atoms with van der Waals surface area (Å²) in [6.07, 6.45) is 0.266. The Balaban J connectivity index is 1.27. The van der Waals surface area contributed by atoms with E-state index in [-0.39, 0.29) is 18.0 Å². The van der Waals surface area contributed by atoms with Gasteiger partial charge in [0.2, 0.25) is 0 Å². The summed E-state index contributed by atoms with van der Waals surface area (Å²) in [4.78, 5) is 43.1. The topological polar surface area (TPSA) is 79.4 Å². The zero-order valence-corrected chi connectivity index (χ0v) is 19.7. The van der Waals surface area contributed by atoms with Gasteiger partial charge in [0.1, 0.15) is 0 Å². The maximum atomic E-state index is 13.3. The van der Waals surface area contributed by atoms with E-state index in [4.69, 9.17) is 21.1 Å². The van der Waals surface area contributed by atoms with Gasteiger partial charge in [0, 0.05) is 50.4 Å². The molecule has 9 heteroatoms. The largest absolute Gasteiger partial charge is 0.450 e. The Morgan fingerprint density at radius 2 is 1.82 bits per heavy atom. The lowest BCUT2D eigenvalue weighted by Gasteiger charge is -2.35. The van der Waals surface area contributed by atoms with Crippen molar-refractivity contribution in [1.29, 1.82) is 0 Å². The molecule has 0 unspecified atom stereocenters. The number of benzene rings is 2. The highest BCUT2D eigenvalue weighted by Crippen LogP contribution is 2.43. The number of ether oxygens (including phenoxy) is 2. The third-order valence-corrected chi connectivity index (χ3v) is 7.11. The molecular formula is C25H26ClN3O5. The molecule has 2 fully saturated rings. The van der Waals surface area contributed by atoms with Crippen LogP contribution in [0.15, 0.2) is 42.5 Å². The Hall–Kier alpha value is -3.26. The van der Waals surface area contributed by atoms with E-state index >= 15 is 0 Å². The maximum absolute atomic E-state index is 13.3. The van der Waals surface area contributed by atoms with Gasteiger partial charge in [0.15, 0.2) is 5.60 Å². The molecule has 5 rings (SSSR count). The fourth-order valence-electron chi connectivity index (χ4n) is 5.01. The van der Waals surface area contributed by atoms with E-state index in [2.05, 4.69) is 4.90 Å². The number of halogens is 1. The number of amides is 2. The third-order valence-electron chi connectivity index (χ3n) is 6.80. The number of fused-ring (bicyclic) bond motifs is 2. The summed E-state index contributed by atoms with van der Waals surface area (Å²) >= 11 is 6.55. The molecule has 3 aliphatic rings. The quantitative estimate of drug-likeness (QED) is 0.621. The molecule has 178 valence electrons. The van der Waals surface area contributed by atoms with Crippen LogP contribution >= 0.6 is 11.6 Å². The van der Waals surface area contributed by atoms with Crippen molar-refractivity contribution in [3.63, 3.8) is 0 Å². The van der Waals surface area contributed by atoms with Crippen molar-refractivity contribution in [3.05, 3.63) is 64.2 Å². The number of rotatable bonds is 3. The Morgan fingerprint density at radius 1 is 1.06 bits per heavy atom. The molecule has 34 heavy (non-hydrogen) atoms. The number of anilines is 1. The molecule has 2 amide bonds. The lowest BCUT2D eigenvalue weighted by Crippen LogP contribution is -2.49. The third kappa shape index (κ3) is 3.86. The van der Waals surface area contributed by atoms with Crippen molar-refractivity contribution in [3.8, 4) is 0 Å². The van der Waals surface area contributed by atoms with Crippen LogP contribution in [-0.2, 0) is 15.1 Å². The molecule has 2 saturated heterocycles. The number of carbonyl (C=O) groups excluding carboxylic acids is 3. The Kier molecular flexibility index (Phi) is 5.85. The van der Waals surface area contributed by atoms with E-state index in [1.807, 2.05) is 24.3 Å². The zero-order chi connectivity index (χ0) is 23.9. The average molecular weight is 484 g/mol. The highest BCUT2D eigenvalue weighted by atomic mass is 35.5. The van der Waals surface area contributed by atoms with Gasteiger partial charge < -0.3 is 24.2 Å². The summed E-state index contributed by atoms with van der Waals surface area (Å²) in [5.41, 5.74) is 1.96. The summed E-state index contributed by atoms with van der Waals surface area (Å²) in [6.45, 7) is 5.37. The molecule has 8 nitrogen and oxygen atoms in total. The van der Waals surface area contributed by atoms with Gasteiger partial charge in [-0.3, -0.25) is 4.79 Å². The molecule has 2 aromatic rings. The van der Waals surface area contributed by atoms with Crippen molar-refractivity contribution < 1.29 is 23.9 Å². The summed E-state index contributed by atoms with van der Waals surface area (Å²) in [6, 6.07) is 12.8. The lowest BCUT2D eigenvalue weighted by molar-refractivity contribution is -0.00306. The Labute approximate surface area is 203 Å². The van der Waals surface area contributed by atoms with Crippen LogP contribution in [0.2, 0.25) is 5.02 Å². The normalized spacial score (nSPS) is 21.6. The molecule has 2 aromatic carbocycles. The van der Waals surface area contributed by atoms with Crippen LogP contribution in [0.5, 0.6) is 0 Å². The summed E-state index contributed by atoms with van der Waals surface area (Å²) in [7, 11) is 0. The van der Waals surface area contributed by atoms with Crippen LogP contribution in [0.1, 0.15) is 39.6 Å².